The molecule has 33 heavy (non-hydrogen) atoms. The molecular formula is C23H29Cl2N3O4S. The van der Waals surface area contributed by atoms with Gasteiger partial charge in [-0.1, -0.05) is 54.4 Å². The predicted octanol–water partition coefficient (Wildman–Crippen LogP) is 3.88. The first-order valence-corrected chi connectivity index (χ1v) is 13.2. The molecule has 1 atom stereocenters. The van der Waals surface area contributed by atoms with Gasteiger partial charge in [0.1, 0.15) is 12.6 Å². The summed E-state index contributed by atoms with van der Waals surface area (Å²) >= 11 is 12.1. The van der Waals surface area contributed by atoms with E-state index < -0.39 is 28.5 Å². The minimum atomic E-state index is -3.77. The smallest absolute Gasteiger partial charge is 0.244 e. The summed E-state index contributed by atoms with van der Waals surface area (Å²) in [7, 11) is -3.77. The fraction of sp³-hybridized carbons (Fsp3) is 0.391. The molecule has 0 saturated carbocycles. The van der Waals surface area contributed by atoms with Gasteiger partial charge in [0.2, 0.25) is 21.8 Å². The Morgan fingerprint density at radius 2 is 1.73 bits per heavy atom. The first-order chi connectivity index (χ1) is 15.5. The van der Waals surface area contributed by atoms with E-state index in [0.29, 0.717) is 34.3 Å². The maximum atomic E-state index is 13.5. The number of rotatable bonds is 10. The lowest BCUT2D eigenvalue weighted by Gasteiger charge is -2.32. The minimum absolute atomic E-state index is 0.0566. The number of carbonyl (C=O) groups is 2. The van der Waals surface area contributed by atoms with E-state index in [1.807, 2.05) is 19.1 Å². The van der Waals surface area contributed by atoms with Crippen molar-refractivity contribution in [3.63, 3.8) is 0 Å². The van der Waals surface area contributed by atoms with E-state index in [1.165, 1.54) is 4.90 Å². The van der Waals surface area contributed by atoms with Crippen LogP contribution >= 0.6 is 23.2 Å². The topological polar surface area (TPSA) is 86.8 Å². The number of benzene rings is 2. The van der Waals surface area contributed by atoms with Crippen molar-refractivity contribution in [3.05, 3.63) is 63.6 Å². The number of sulfonamides is 1. The average molecular weight is 514 g/mol. The van der Waals surface area contributed by atoms with E-state index >= 15 is 0 Å². The molecule has 1 unspecified atom stereocenters. The van der Waals surface area contributed by atoms with Crippen LogP contribution in [0.5, 0.6) is 0 Å². The highest BCUT2D eigenvalue weighted by atomic mass is 35.5. The van der Waals surface area contributed by atoms with E-state index in [9.17, 15) is 18.0 Å². The number of nitrogens with one attached hydrogen (secondary N) is 1. The maximum absolute atomic E-state index is 13.5. The van der Waals surface area contributed by atoms with Gasteiger partial charge in [-0.05, 0) is 49.6 Å². The van der Waals surface area contributed by atoms with Crippen molar-refractivity contribution in [2.45, 2.75) is 39.8 Å². The molecular weight excluding hydrogens is 485 g/mol. The number of halogens is 2. The maximum Gasteiger partial charge on any atom is 0.244 e. The summed E-state index contributed by atoms with van der Waals surface area (Å²) in [5.41, 5.74) is 1.90. The third-order valence-electron chi connectivity index (χ3n) is 5.18. The first-order valence-electron chi connectivity index (χ1n) is 10.6. The Labute approximate surface area is 205 Å². The summed E-state index contributed by atoms with van der Waals surface area (Å²) in [5, 5.41) is 3.40. The van der Waals surface area contributed by atoms with E-state index in [0.717, 1.165) is 16.1 Å². The fourth-order valence-corrected chi connectivity index (χ4v) is 4.59. The molecule has 1 N–H and O–H groups in total. The zero-order chi connectivity index (χ0) is 24.8. The van der Waals surface area contributed by atoms with Gasteiger partial charge in [0.25, 0.3) is 0 Å². The van der Waals surface area contributed by atoms with Crippen LogP contribution in [0, 0.1) is 0 Å². The monoisotopic (exact) mass is 513 g/mol. The lowest BCUT2D eigenvalue weighted by atomic mass is 10.1. The predicted molar refractivity (Wildman–Crippen MR) is 133 cm³/mol. The van der Waals surface area contributed by atoms with Gasteiger partial charge in [0.05, 0.1) is 22.0 Å². The Balaban J connectivity index is 2.44. The number of carbonyl (C=O) groups excluding carboxylic acids is 2. The normalized spacial score (nSPS) is 12.2. The number of hydrogen-bond donors (Lipinski definition) is 1. The lowest BCUT2D eigenvalue weighted by molar-refractivity contribution is -0.139. The minimum Gasteiger partial charge on any atom is -0.355 e. The van der Waals surface area contributed by atoms with Crippen molar-refractivity contribution in [1.82, 2.24) is 10.2 Å². The molecule has 10 heteroatoms. The fourth-order valence-electron chi connectivity index (χ4n) is 3.39. The van der Waals surface area contributed by atoms with Crippen LogP contribution in [-0.4, -0.2) is 50.5 Å². The third-order valence-corrected chi connectivity index (χ3v) is 7.04. The summed E-state index contributed by atoms with van der Waals surface area (Å²) in [6, 6.07) is 11.1. The molecule has 180 valence electrons. The molecule has 2 rings (SSSR count). The quantitative estimate of drug-likeness (QED) is 0.522. The molecule has 0 aliphatic carbocycles. The van der Waals surface area contributed by atoms with Gasteiger partial charge in [-0.15, -0.1) is 0 Å². The van der Waals surface area contributed by atoms with Gasteiger partial charge >= 0.3 is 0 Å². The van der Waals surface area contributed by atoms with Crippen LogP contribution in [0.25, 0.3) is 0 Å². The molecule has 7 nitrogen and oxygen atoms in total. The van der Waals surface area contributed by atoms with Crippen molar-refractivity contribution < 1.29 is 18.0 Å². The second-order valence-electron chi connectivity index (χ2n) is 7.59. The Hall–Kier alpha value is -2.29. The molecule has 0 saturated heterocycles. The van der Waals surface area contributed by atoms with Crippen LogP contribution in [0.3, 0.4) is 0 Å². The molecule has 0 bridgehead atoms. The van der Waals surface area contributed by atoms with Crippen molar-refractivity contribution in [3.8, 4) is 0 Å². The molecule has 0 aliphatic heterocycles. The molecule has 2 amide bonds. The lowest BCUT2D eigenvalue weighted by Crippen LogP contribution is -2.51. The summed E-state index contributed by atoms with van der Waals surface area (Å²) in [4.78, 5) is 27.4. The van der Waals surface area contributed by atoms with Gasteiger partial charge in [0.15, 0.2) is 0 Å². The number of para-hydroxylation sites is 1. The largest absolute Gasteiger partial charge is 0.355 e. The van der Waals surface area contributed by atoms with Crippen molar-refractivity contribution >= 4 is 50.7 Å². The molecule has 0 spiro atoms. The second-order valence-corrected chi connectivity index (χ2v) is 10.3. The molecule has 0 aliphatic rings. The highest BCUT2D eigenvalue weighted by molar-refractivity contribution is 7.92. The standard InChI is InChI=1S/C23H29Cl2N3O4S/c1-5-18-9-7-8-10-21(18)28(33(4,31)32)15-22(29)27(16(3)23(30)26-6-2)14-17-11-12-19(24)20(25)13-17/h7-13,16H,5-6,14-15H2,1-4H3,(H,26,30). The average Bonchev–Trinajstić information content (AvgIpc) is 2.76. The van der Waals surface area contributed by atoms with Crippen LogP contribution in [0.2, 0.25) is 10.0 Å². The van der Waals surface area contributed by atoms with Gasteiger partial charge in [-0.2, -0.15) is 0 Å². The SMILES string of the molecule is CCNC(=O)C(C)N(Cc1ccc(Cl)c(Cl)c1)C(=O)CN(c1ccccc1CC)S(C)(=O)=O. The zero-order valence-electron chi connectivity index (χ0n) is 19.1. The molecule has 0 aromatic heterocycles. The number of anilines is 1. The van der Waals surface area contributed by atoms with E-state index in [4.69, 9.17) is 23.2 Å². The summed E-state index contributed by atoms with van der Waals surface area (Å²) in [5.74, 6) is -0.859. The molecule has 0 fully saturated rings. The van der Waals surface area contributed by atoms with Crippen molar-refractivity contribution in [1.29, 1.82) is 0 Å². The Bertz CT molecular complexity index is 1110. The highest BCUT2D eigenvalue weighted by Crippen LogP contribution is 2.26. The van der Waals surface area contributed by atoms with Crippen LogP contribution < -0.4 is 9.62 Å². The number of nitrogens with zero attached hydrogens (tertiary/aromatic N) is 2. The van der Waals surface area contributed by atoms with Crippen LogP contribution in [0.4, 0.5) is 5.69 Å². The van der Waals surface area contributed by atoms with Crippen molar-refractivity contribution in [2.75, 3.05) is 23.7 Å². The second kappa shape index (κ2) is 11.7. The number of likely N-dealkylation sites (N-methyl/N-ethyl adjacent to an activating group) is 1. The molecule has 2 aromatic rings. The van der Waals surface area contributed by atoms with Crippen LogP contribution in [0.1, 0.15) is 31.9 Å². The van der Waals surface area contributed by atoms with E-state index in [1.54, 1.807) is 44.2 Å². The molecule has 0 heterocycles. The number of aryl methyl sites for hydroxylation is 1. The van der Waals surface area contributed by atoms with E-state index in [2.05, 4.69) is 5.32 Å². The van der Waals surface area contributed by atoms with Crippen LogP contribution in [0.15, 0.2) is 42.5 Å². The molecule has 0 radical (unpaired) electrons. The zero-order valence-corrected chi connectivity index (χ0v) is 21.5. The summed E-state index contributed by atoms with van der Waals surface area (Å²) in [6.45, 7) is 5.31. The number of amides is 2. The van der Waals surface area contributed by atoms with Gasteiger partial charge < -0.3 is 10.2 Å². The third kappa shape index (κ3) is 7.09. The Morgan fingerprint density at radius 1 is 1.06 bits per heavy atom. The number of hydrogen-bond acceptors (Lipinski definition) is 4. The Kier molecular flexibility index (Phi) is 9.57. The summed E-state index contributed by atoms with van der Waals surface area (Å²) in [6.07, 6.45) is 1.65. The molecule has 2 aromatic carbocycles. The van der Waals surface area contributed by atoms with Gasteiger partial charge in [-0.25, -0.2) is 8.42 Å². The van der Waals surface area contributed by atoms with Crippen LogP contribution in [-0.2, 0) is 32.6 Å². The highest BCUT2D eigenvalue weighted by Gasteiger charge is 2.30. The van der Waals surface area contributed by atoms with E-state index in [-0.39, 0.29) is 12.5 Å². The van der Waals surface area contributed by atoms with Gasteiger partial charge in [0, 0.05) is 13.1 Å². The Morgan fingerprint density at radius 3 is 2.30 bits per heavy atom. The first kappa shape index (κ1) is 27.0. The van der Waals surface area contributed by atoms with Gasteiger partial charge in [-0.3, -0.25) is 13.9 Å². The van der Waals surface area contributed by atoms with Crippen molar-refractivity contribution in [2.24, 2.45) is 0 Å². The summed E-state index contributed by atoms with van der Waals surface area (Å²) < 4.78 is 26.4.